The number of hydrogen-bond acceptors (Lipinski definition) is 6. The van der Waals surface area contributed by atoms with Crippen molar-refractivity contribution in [3.8, 4) is 17.2 Å². The SMILES string of the molecule is CCc1ccccc1NC(=O)CSc1nnc(-c2ccc(OC(F)F)cc2)o1. The Morgan fingerprint density at radius 3 is 2.64 bits per heavy atom. The number of alkyl halides is 2. The fourth-order valence-electron chi connectivity index (χ4n) is 2.43. The van der Waals surface area contributed by atoms with E-state index in [1.807, 2.05) is 31.2 Å². The molecule has 1 heterocycles. The van der Waals surface area contributed by atoms with Crippen LogP contribution in [0.25, 0.3) is 11.5 Å². The average Bonchev–Trinajstić information content (AvgIpc) is 3.16. The van der Waals surface area contributed by atoms with Crippen LogP contribution in [-0.2, 0) is 11.2 Å². The molecular formula is C19H17F2N3O3S. The van der Waals surface area contributed by atoms with E-state index in [9.17, 15) is 13.6 Å². The monoisotopic (exact) mass is 405 g/mol. The summed E-state index contributed by atoms with van der Waals surface area (Å²) in [5.74, 6) is 0.194. The number of amides is 1. The highest BCUT2D eigenvalue weighted by Gasteiger charge is 2.13. The van der Waals surface area contributed by atoms with Crippen LogP contribution in [-0.4, -0.2) is 28.5 Å². The minimum Gasteiger partial charge on any atom is -0.435 e. The number of nitrogens with zero attached hydrogens (tertiary/aromatic N) is 2. The highest BCUT2D eigenvalue weighted by atomic mass is 32.2. The fourth-order valence-corrected chi connectivity index (χ4v) is 2.99. The summed E-state index contributed by atoms with van der Waals surface area (Å²) in [6.07, 6.45) is 0.817. The lowest BCUT2D eigenvalue weighted by molar-refractivity contribution is -0.113. The van der Waals surface area contributed by atoms with Gasteiger partial charge in [0, 0.05) is 11.3 Å². The van der Waals surface area contributed by atoms with Gasteiger partial charge in [-0.1, -0.05) is 36.9 Å². The van der Waals surface area contributed by atoms with Gasteiger partial charge in [0.1, 0.15) is 5.75 Å². The molecule has 0 radical (unpaired) electrons. The lowest BCUT2D eigenvalue weighted by Crippen LogP contribution is -2.15. The zero-order chi connectivity index (χ0) is 19.9. The summed E-state index contributed by atoms with van der Waals surface area (Å²) in [6, 6.07) is 13.5. The first-order chi connectivity index (χ1) is 13.5. The fraction of sp³-hybridized carbons (Fsp3) is 0.211. The number of halogens is 2. The quantitative estimate of drug-likeness (QED) is 0.551. The van der Waals surface area contributed by atoms with Crippen molar-refractivity contribution >= 4 is 23.4 Å². The summed E-state index contributed by atoms with van der Waals surface area (Å²) in [7, 11) is 0. The Balaban J connectivity index is 1.56. The normalized spacial score (nSPS) is 10.9. The zero-order valence-electron chi connectivity index (χ0n) is 14.9. The van der Waals surface area contributed by atoms with Crippen molar-refractivity contribution < 1.29 is 22.7 Å². The van der Waals surface area contributed by atoms with Gasteiger partial charge in [-0.3, -0.25) is 4.79 Å². The third-order valence-electron chi connectivity index (χ3n) is 3.73. The van der Waals surface area contributed by atoms with E-state index in [1.165, 1.54) is 24.3 Å². The molecule has 1 amide bonds. The van der Waals surface area contributed by atoms with Gasteiger partial charge in [-0.15, -0.1) is 10.2 Å². The van der Waals surface area contributed by atoms with E-state index in [1.54, 1.807) is 0 Å². The van der Waals surface area contributed by atoms with E-state index >= 15 is 0 Å². The first-order valence-corrected chi connectivity index (χ1v) is 9.43. The van der Waals surface area contributed by atoms with E-state index in [-0.39, 0.29) is 28.5 Å². The van der Waals surface area contributed by atoms with Gasteiger partial charge in [-0.25, -0.2) is 0 Å². The standard InChI is InChI=1S/C19H17F2N3O3S/c1-2-12-5-3-4-6-15(12)22-16(25)11-28-19-24-23-17(27-19)13-7-9-14(10-8-13)26-18(20)21/h3-10,18H,2,11H2,1H3,(H,22,25). The largest absolute Gasteiger partial charge is 0.435 e. The van der Waals surface area contributed by atoms with Crippen molar-refractivity contribution in [1.82, 2.24) is 10.2 Å². The van der Waals surface area contributed by atoms with Gasteiger partial charge in [0.2, 0.25) is 11.8 Å². The number of anilines is 1. The van der Waals surface area contributed by atoms with Crippen molar-refractivity contribution in [3.63, 3.8) is 0 Å². The molecule has 0 spiro atoms. The molecule has 3 rings (SSSR count). The van der Waals surface area contributed by atoms with Crippen molar-refractivity contribution in [2.75, 3.05) is 11.1 Å². The number of aryl methyl sites for hydroxylation is 1. The van der Waals surface area contributed by atoms with Crippen LogP contribution in [0.2, 0.25) is 0 Å². The molecule has 146 valence electrons. The second kappa shape index (κ2) is 9.32. The number of carbonyl (C=O) groups excluding carboxylic acids is 1. The molecule has 0 fully saturated rings. The molecule has 0 bridgehead atoms. The maximum atomic E-state index is 12.2. The topological polar surface area (TPSA) is 77.2 Å². The molecule has 1 N–H and O–H groups in total. The summed E-state index contributed by atoms with van der Waals surface area (Å²) < 4.78 is 34.2. The van der Waals surface area contributed by atoms with Crippen LogP contribution in [0.5, 0.6) is 5.75 Å². The maximum absolute atomic E-state index is 12.2. The molecule has 0 aliphatic rings. The van der Waals surface area contributed by atoms with Crippen molar-refractivity contribution in [2.24, 2.45) is 0 Å². The van der Waals surface area contributed by atoms with Gasteiger partial charge in [-0.05, 0) is 42.3 Å². The molecule has 28 heavy (non-hydrogen) atoms. The molecule has 0 saturated carbocycles. The number of para-hydroxylation sites is 1. The van der Waals surface area contributed by atoms with Crippen LogP contribution >= 0.6 is 11.8 Å². The maximum Gasteiger partial charge on any atom is 0.387 e. The highest BCUT2D eigenvalue weighted by Crippen LogP contribution is 2.25. The van der Waals surface area contributed by atoms with Gasteiger partial charge in [-0.2, -0.15) is 8.78 Å². The van der Waals surface area contributed by atoms with E-state index in [4.69, 9.17) is 4.42 Å². The zero-order valence-corrected chi connectivity index (χ0v) is 15.7. The van der Waals surface area contributed by atoms with Crippen LogP contribution in [0.1, 0.15) is 12.5 Å². The highest BCUT2D eigenvalue weighted by molar-refractivity contribution is 7.99. The summed E-state index contributed by atoms with van der Waals surface area (Å²) >= 11 is 1.11. The molecule has 0 unspecified atom stereocenters. The van der Waals surface area contributed by atoms with Crippen molar-refractivity contribution in [3.05, 3.63) is 54.1 Å². The van der Waals surface area contributed by atoms with Crippen LogP contribution in [0.15, 0.2) is 58.2 Å². The molecule has 9 heteroatoms. The number of carbonyl (C=O) groups is 1. The molecule has 2 aromatic carbocycles. The van der Waals surface area contributed by atoms with Gasteiger partial charge < -0.3 is 14.5 Å². The van der Waals surface area contributed by atoms with Crippen LogP contribution < -0.4 is 10.1 Å². The molecule has 3 aromatic rings. The van der Waals surface area contributed by atoms with Crippen LogP contribution in [0.3, 0.4) is 0 Å². The third kappa shape index (κ3) is 5.29. The number of aromatic nitrogens is 2. The first-order valence-electron chi connectivity index (χ1n) is 8.44. The molecule has 6 nitrogen and oxygen atoms in total. The molecular weight excluding hydrogens is 388 g/mol. The summed E-state index contributed by atoms with van der Waals surface area (Å²) in [6.45, 7) is -0.862. The Labute approximate surface area is 164 Å². The van der Waals surface area contributed by atoms with Crippen molar-refractivity contribution in [1.29, 1.82) is 0 Å². The number of hydrogen-bond donors (Lipinski definition) is 1. The summed E-state index contributed by atoms with van der Waals surface area (Å²) in [5, 5.41) is 10.9. The Morgan fingerprint density at radius 2 is 1.93 bits per heavy atom. The number of rotatable bonds is 8. The lowest BCUT2D eigenvalue weighted by atomic mass is 10.1. The van der Waals surface area contributed by atoms with Crippen molar-refractivity contribution in [2.45, 2.75) is 25.2 Å². The van der Waals surface area contributed by atoms with Gasteiger partial charge in [0.15, 0.2) is 0 Å². The number of ether oxygens (including phenoxy) is 1. The predicted molar refractivity (Wildman–Crippen MR) is 102 cm³/mol. The third-order valence-corrected chi connectivity index (χ3v) is 4.55. The minimum absolute atomic E-state index is 0.0388. The minimum atomic E-state index is -2.88. The molecule has 0 atom stereocenters. The van der Waals surface area contributed by atoms with E-state index < -0.39 is 6.61 Å². The van der Waals surface area contributed by atoms with Crippen LogP contribution in [0.4, 0.5) is 14.5 Å². The molecule has 1 aromatic heterocycles. The Kier molecular flexibility index (Phi) is 6.59. The second-order valence-corrected chi connectivity index (χ2v) is 6.55. The number of benzene rings is 2. The van der Waals surface area contributed by atoms with Gasteiger partial charge >= 0.3 is 6.61 Å². The van der Waals surface area contributed by atoms with E-state index in [0.717, 1.165) is 29.4 Å². The molecule has 0 aliphatic heterocycles. The summed E-state index contributed by atoms with van der Waals surface area (Å²) in [4.78, 5) is 12.2. The van der Waals surface area contributed by atoms with E-state index in [0.29, 0.717) is 5.56 Å². The summed E-state index contributed by atoms with van der Waals surface area (Å²) in [5.41, 5.74) is 2.40. The molecule has 0 aliphatic carbocycles. The van der Waals surface area contributed by atoms with Gasteiger partial charge in [0.25, 0.3) is 5.22 Å². The lowest BCUT2D eigenvalue weighted by Gasteiger charge is -2.08. The average molecular weight is 405 g/mol. The first kappa shape index (κ1) is 19.8. The predicted octanol–water partition coefficient (Wildman–Crippen LogP) is 4.63. The van der Waals surface area contributed by atoms with E-state index in [2.05, 4.69) is 20.3 Å². The van der Waals surface area contributed by atoms with Crippen LogP contribution in [0, 0.1) is 0 Å². The molecule has 0 saturated heterocycles. The number of nitrogens with one attached hydrogen (secondary N) is 1. The second-order valence-electron chi connectivity index (χ2n) is 5.62. The number of thioether (sulfide) groups is 1. The Morgan fingerprint density at radius 1 is 1.18 bits per heavy atom. The smallest absolute Gasteiger partial charge is 0.387 e. The van der Waals surface area contributed by atoms with Gasteiger partial charge in [0.05, 0.1) is 5.75 Å². The Bertz CT molecular complexity index is 932. The Hall–Kier alpha value is -2.94.